The largest absolute Gasteiger partial charge is 0.352 e. The summed E-state index contributed by atoms with van der Waals surface area (Å²) in [5.74, 6) is -0.102. The number of nitriles is 1. The minimum atomic E-state index is -0.102. The van der Waals surface area contributed by atoms with E-state index in [2.05, 4.69) is 5.32 Å². The van der Waals surface area contributed by atoms with Crippen LogP contribution in [0.25, 0.3) is 0 Å². The first-order valence-corrected chi connectivity index (χ1v) is 5.40. The molecule has 3 nitrogen and oxygen atoms in total. The highest BCUT2D eigenvalue weighted by molar-refractivity contribution is 5.78. The van der Waals surface area contributed by atoms with Crippen molar-refractivity contribution >= 4 is 5.91 Å². The average molecular weight is 192 g/mol. The van der Waals surface area contributed by atoms with Crippen LogP contribution in [-0.2, 0) is 4.79 Å². The molecule has 0 radical (unpaired) electrons. The summed E-state index contributed by atoms with van der Waals surface area (Å²) < 4.78 is 0. The van der Waals surface area contributed by atoms with Gasteiger partial charge in [-0.2, -0.15) is 5.26 Å². The molecule has 0 aromatic heterocycles. The highest BCUT2D eigenvalue weighted by atomic mass is 16.1. The first kappa shape index (κ1) is 9.51. The molecule has 0 heterocycles. The Morgan fingerprint density at radius 3 is 2.93 bits per heavy atom. The molecule has 0 aromatic rings. The lowest BCUT2D eigenvalue weighted by molar-refractivity contribution is -0.121. The second-order valence-corrected chi connectivity index (χ2v) is 4.70. The van der Waals surface area contributed by atoms with Gasteiger partial charge in [0.15, 0.2) is 0 Å². The maximum absolute atomic E-state index is 11.2. The Kier molecular flexibility index (Phi) is 2.45. The molecular weight excluding hydrogens is 176 g/mol. The number of nitrogens with zero attached hydrogens (tertiary/aromatic N) is 1. The molecule has 1 N–H and O–H groups in total. The molecule has 2 aliphatic rings. The van der Waals surface area contributed by atoms with E-state index >= 15 is 0 Å². The van der Waals surface area contributed by atoms with Gasteiger partial charge < -0.3 is 5.32 Å². The van der Waals surface area contributed by atoms with Crippen LogP contribution in [0.15, 0.2) is 0 Å². The minimum absolute atomic E-state index is 0.00347. The third kappa shape index (κ3) is 2.06. The lowest BCUT2D eigenvalue weighted by atomic mass is 9.83. The molecule has 2 rings (SSSR count). The normalized spacial score (nSPS) is 28.1. The second-order valence-electron chi connectivity index (χ2n) is 4.70. The van der Waals surface area contributed by atoms with Gasteiger partial charge in [-0.05, 0) is 37.5 Å². The highest BCUT2D eigenvalue weighted by Gasteiger charge is 2.45. The standard InChI is InChI=1S/C11H16N2O/c12-7-3-10(14)13-9-2-1-4-11(8-9)5-6-11/h9H,1-6,8H2,(H,13,14)/t9-/m1/s1. The Hall–Kier alpha value is -1.04. The molecule has 76 valence electrons. The number of hydrogen-bond donors (Lipinski definition) is 1. The number of rotatable bonds is 2. The molecule has 1 atom stereocenters. The maximum atomic E-state index is 11.2. The van der Waals surface area contributed by atoms with E-state index < -0.39 is 0 Å². The number of nitrogens with one attached hydrogen (secondary N) is 1. The molecule has 14 heavy (non-hydrogen) atoms. The fraction of sp³-hybridized carbons (Fsp3) is 0.818. The predicted octanol–water partition coefficient (Wildman–Crippen LogP) is 1.74. The highest BCUT2D eigenvalue weighted by Crippen LogP contribution is 2.56. The van der Waals surface area contributed by atoms with Gasteiger partial charge in [0.2, 0.25) is 5.91 Å². The SMILES string of the molecule is N#CCC(=O)N[C@@H]1CCCC2(CC2)C1. The summed E-state index contributed by atoms with van der Waals surface area (Å²) in [4.78, 5) is 11.2. The number of hydrogen-bond acceptors (Lipinski definition) is 2. The van der Waals surface area contributed by atoms with Crippen LogP contribution >= 0.6 is 0 Å². The van der Waals surface area contributed by atoms with E-state index in [0.717, 1.165) is 12.8 Å². The summed E-state index contributed by atoms with van der Waals surface area (Å²) in [5.41, 5.74) is 0.586. The summed E-state index contributed by atoms with van der Waals surface area (Å²) in [6.45, 7) is 0. The van der Waals surface area contributed by atoms with Gasteiger partial charge in [0.25, 0.3) is 0 Å². The van der Waals surface area contributed by atoms with Gasteiger partial charge in [0.05, 0.1) is 6.07 Å². The van der Waals surface area contributed by atoms with Crippen molar-refractivity contribution in [1.29, 1.82) is 5.26 Å². The van der Waals surface area contributed by atoms with Crippen LogP contribution in [0.2, 0.25) is 0 Å². The molecular formula is C11H16N2O. The summed E-state index contributed by atoms with van der Waals surface area (Å²) in [6.07, 6.45) is 7.51. The van der Waals surface area contributed by atoms with Crippen molar-refractivity contribution in [1.82, 2.24) is 5.32 Å². The fourth-order valence-electron chi connectivity index (χ4n) is 2.55. The summed E-state index contributed by atoms with van der Waals surface area (Å²) >= 11 is 0. The Bertz CT molecular complexity index is 276. The van der Waals surface area contributed by atoms with Crippen molar-refractivity contribution in [2.24, 2.45) is 5.41 Å². The van der Waals surface area contributed by atoms with Crippen LogP contribution in [0.1, 0.15) is 44.9 Å². The van der Waals surface area contributed by atoms with Crippen molar-refractivity contribution in [3.8, 4) is 6.07 Å². The van der Waals surface area contributed by atoms with Gasteiger partial charge >= 0.3 is 0 Å². The molecule has 0 aromatic carbocycles. The number of amides is 1. The van der Waals surface area contributed by atoms with Gasteiger partial charge in [0.1, 0.15) is 6.42 Å². The van der Waals surface area contributed by atoms with Gasteiger partial charge in [-0.1, -0.05) is 6.42 Å². The van der Waals surface area contributed by atoms with E-state index in [0.29, 0.717) is 11.5 Å². The minimum Gasteiger partial charge on any atom is -0.352 e. The fourth-order valence-corrected chi connectivity index (χ4v) is 2.55. The first-order chi connectivity index (χ1) is 6.74. The Labute approximate surface area is 84.5 Å². The van der Waals surface area contributed by atoms with Gasteiger partial charge in [-0.3, -0.25) is 4.79 Å². The molecule has 2 aliphatic carbocycles. The van der Waals surface area contributed by atoms with E-state index in [1.807, 2.05) is 6.07 Å². The first-order valence-electron chi connectivity index (χ1n) is 5.40. The zero-order valence-corrected chi connectivity index (χ0v) is 8.38. The van der Waals surface area contributed by atoms with Crippen LogP contribution in [0, 0.1) is 16.7 Å². The van der Waals surface area contributed by atoms with E-state index in [9.17, 15) is 4.79 Å². The molecule has 3 heteroatoms. The summed E-state index contributed by atoms with van der Waals surface area (Å²) in [6, 6.07) is 2.22. The Balaban J connectivity index is 1.81. The molecule has 0 saturated heterocycles. The maximum Gasteiger partial charge on any atom is 0.234 e. The van der Waals surface area contributed by atoms with Crippen LogP contribution in [0.3, 0.4) is 0 Å². The quantitative estimate of drug-likeness (QED) is 0.724. The molecule has 0 unspecified atom stereocenters. The van der Waals surface area contributed by atoms with E-state index in [1.54, 1.807) is 0 Å². The third-order valence-electron chi connectivity index (χ3n) is 3.50. The number of carbonyl (C=O) groups is 1. The van der Waals surface area contributed by atoms with Gasteiger partial charge in [-0.25, -0.2) is 0 Å². The van der Waals surface area contributed by atoms with E-state index in [1.165, 1.54) is 25.7 Å². The third-order valence-corrected chi connectivity index (χ3v) is 3.50. The molecule has 0 aliphatic heterocycles. The molecule has 1 amide bonds. The molecule has 0 bridgehead atoms. The van der Waals surface area contributed by atoms with Crippen LogP contribution in [0.5, 0.6) is 0 Å². The van der Waals surface area contributed by atoms with Crippen molar-refractivity contribution in [2.45, 2.75) is 51.0 Å². The van der Waals surface area contributed by atoms with E-state index in [4.69, 9.17) is 5.26 Å². The van der Waals surface area contributed by atoms with Crippen molar-refractivity contribution < 1.29 is 4.79 Å². The van der Waals surface area contributed by atoms with Crippen molar-refractivity contribution in [2.75, 3.05) is 0 Å². The molecule has 2 fully saturated rings. The Morgan fingerprint density at radius 2 is 2.29 bits per heavy atom. The second kappa shape index (κ2) is 3.61. The lowest BCUT2D eigenvalue weighted by Gasteiger charge is -2.29. The van der Waals surface area contributed by atoms with Crippen LogP contribution < -0.4 is 5.32 Å². The lowest BCUT2D eigenvalue weighted by Crippen LogP contribution is -2.38. The van der Waals surface area contributed by atoms with Crippen LogP contribution in [-0.4, -0.2) is 11.9 Å². The molecule has 1 spiro atoms. The smallest absolute Gasteiger partial charge is 0.234 e. The average Bonchev–Trinajstić information content (AvgIpc) is 2.85. The monoisotopic (exact) mass is 192 g/mol. The van der Waals surface area contributed by atoms with E-state index in [-0.39, 0.29) is 12.3 Å². The van der Waals surface area contributed by atoms with Crippen LogP contribution in [0.4, 0.5) is 0 Å². The van der Waals surface area contributed by atoms with Crippen molar-refractivity contribution in [3.63, 3.8) is 0 Å². The zero-order chi connectivity index (χ0) is 10.0. The molecule has 2 saturated carbocycles. The topological polar surface area (TPSA) is 52.9 Å². The summed E-state index contributed by atoms with van der Waals surface area (Å²) in [5, 5.41) is 11.3. The van der Waals surface area contributed by atoms with Crippen molar-refractivity contribution in [3.05, 3.63) is 0 Å². The summed E-state index contributed by atoms with van der Waals surface area (Å²) in [7, 11) is 0. The number of carbonyl (C=O) groups excluding carboxylic acids is 1. The predicted molar refractivity (Wildman–Crippen MR) is 52.3 cm³/mol. The Morgan fingerprint density at radius 1 is 1.50 bits per heavy atom. The van der Waals surface area contributed by atoms with Gasteiger partial charge in [0, 0.05) is 6.04 Å². The van der Waals surface area contributed by atoms with Gasteiger partial charge in [-0.15, -0.1) is 0 Å². The zero-order valence-electron chi connectivity index (χ0n) is 8.38.